The summed E-state index contributed by atoms with van der Waals surface area (Å²) in [4.78, 5) is 8.63. The van der Waals surface area contributed by atoms with E-state index in [1.54, 1.807) is 12.4 Å². The van der Waals surface area contributed by atoms with Crippen molar-refractivity contribution in [3.63, 3.8) is 0 Å². The Labute approximate surface area is 112 Å². The molecule has 0 saturated heterocycles. The molecule has 0 fully saturated rings. The van der Waals surface area contributed by atoms with Gasteiger partial charge in [0.05, 0.1) is 17.4 Å². The summed E-state index contributed by atoms with van der Waals surface area (Å²) in [5.74, 6) is 0. The van der Waals surface area contributed by atoms with Gasteiger partial charge in [-0.3, -0.25) is 9.97 Å². The quantitative estimate of drug-likeness (QED) is 0.910. The molecule has 94 valence electrons. The Hall–Kier alpha value is -1.61. The summed E-state index contributed by atoms with van der Waals surface area (Å²) < 4.78 is 0. The van der Waals surface area contributed by atoms with Crippen LogP contribution in [0.1, 0.15) is 29.9 Å². The van der Waals surface area contributed by atoms with Crippen LogP contribution in [0.2, 0.25) is 5.02 Å². The Morgan fingerprint density at radius 3 is 2.56 bits per heavy atom. The van der Waals surface area contributed by atoms with E-state index in [4.69, 9.17) is 11.6 Å². The summed E-state index contributed by atoms with van der Waals surface area (Å²) in [6.07, 6.45) is 3.42. The largest absolute Gasteiger partial charge is 0.377 e. The molecule has 1 N–H and O–H groups in total. The average Bonchev–Trinajstić information content (AvgIpc) is 2.33. The summed E-state index contributed by atoms with van der Waals surface area (Å²) in [6, 6.07) is 5.92. The molecule has 18 heavy (non-hydrogen) atoms. The number of aryl methyl sites for hydroxylation is 2. The van der Waals surface area contributed by atoms with Crippen LogP contribution in [0.15, 0.2) is 30.6 Å². The van der Waals surface area contributed by atoms with Crippen molar-refractivity contribution in [3.05, 3.63) is 52.6 Å². The van der Waals surface area contributed by atoms with Crippen molar-refractivity contribution in [2.75, 3.05) is 5.32 Å². The standard InChI is InChI=1S/C14H16ClN3/c1-9-8-12(15)4-5-13(9)18-11(3)14-10(2)16-6-7-17-14/h4-8,11,18H,1-3H3. The van der Waals surface area contributed by atoms with E-state index in [1.807, 2.05) is 32.0 Å². The van der Waals surface area contributed by atoms with E-state index in [9.17, 15) is 0 Å². The third-order valence-corrected chi connectivity index (χ3v) is 3.12. The van der Waals surface area contributed by atoms with Gasteiger partial charge in [0.2, 0.25) is 0 Å². The van der Waals surface area contributed by atoms with E-state index in [2.05, 4.69) is 22.2 Å². The molecule has 0 aliphatic carbocycles. The van der Waals surface area contributed by atoms with Gasteiger partial charge in [0, 0.05) is 23.1 Å². The minimum Gasteiger partial charge on any atom is -0.377 e. The number of anilines is 1. The zero-order valence-electron chi connectivity index (χ0n) is 10.7. The third kappa shape index (κ3) is 2.79. The number of aromatic nitrogens is 2. The highest BCUT2D eigenvalue weighted by Crippen LogP contribution is 2.24. The topological polar surface area (TPSA) is 37.8 Å². The molecule has 3 nitrogen and oxygen atoms in total. The lowest BCUT2D eigenvalue weighted by Gasteiger charge is -2.17. The van der Waals surface area contributed by atoms with Crippen molar-refractivity contribution >= 4 is 17.3 Å². The van der Waals surface area contributed by atoms with Crippen LogP contribution in [0, 0.1) is 13.8 Å². The number of rotatable bonds is 3. The number of benzene rings is 1. The number of halogens is 1. The fraction of sp³-hybridized carbons (Fsp3) is 0.286. The van der Waals surface area contributed by atoms with E-state index in [0.717, 1.165) is 27.7 Å². The van der Waals surface area contributed by atoms with Crippen molar-refractivity contribution in [3.8, 4) is 0 Å². The van der Waals surface area contributed by atoms with Crippen molar-refractivity contribution in [2.45, 2.75) is 26.8 Å². The maximum Gasteiger partial charge on any atom is 0.0835 e. The highest BCUT2D eigenvalue weighted by atomic mass is 35.5. The molecule has 2 aromatic rings. The number of nitrogens with zero attached hydrogens (tertiary/aromatic N) is 2. The Bertz CT molecular complexity index is 554. The molecule has 0 saturated carbocycles. The molecule has 0 amide bonds. The average molecular weight is 262 g/mol. The molecular formula is C14H16ClN3. The fourth-order valence-corrected chi connectivity index (χ4v) is 2.16. The molecule has 1 aromatic carbocycles. The second kappa shape index (κ2) is 5.36. The molecule has 0 spiro atoms. The van der Waals surface area contributed by atoms with E-state index >= 15 is 0 Å². The number of hydrogen-bond acceptors (Lipinski definition) is 3. The maximum atomic E-state index is 5.95. The van der Waals surface area contributed by atoms with E-state index < -0.39 is 0 Å². The Morgan fingerprint density at radius 2 is 1.89 bits per heavy atom. The van der Waals surface area contributed by atoms with Crippen molar-refractivity contribution in [2.24, 2.45) is 0 Å². The Morgan fingerprint density at radius 1 is 1.17 bits per heavy atom. The fourth-order valence-electron chi connectivity index (χ4n) is 1.93. The molecule has 0 bridgehead atoms. The summed E-state index contributed by atoms with van der Waals surface area (Å²) in [6.45, 7) is 6.07. The van der Waals surface area contributed by atoms with Gasteiger partial charge >= 0.3 is 0 Å². The van der Waals surface area contributed by atoms with Crippen LogP contribution in [-0.2, 0) is 0 Å². The van der Waals surface area contributed by atoms with Crippen molar-refractivity contribution < 1.29 is 0 Å². The molecule has 0 aliphatic rings. The first-order valence-electron chi connectivity index (χ1n) is 5.88. The van der Waals surface area contributed by atoms with Gasteiger partial charge in [0.25, 0.3) is 0 Å². The second-order valence-corrected chi connectivity index (χ2v) is 4.79. The summed E-state index contributed by atoms with van der Waals surface area (Å²) >= 11 is 5.95. The molecule has 1 atom stereocenters. The first-order valence-corrected chi connectivity index (χ1v) is 6.26. The normalized spacial score (nSPS) is 12.2. The first-order chi connectivity index (χ1) is 8.58. The lowest BCUT2D eigenvalue weighted by atomic mass is 10.1. The van der Waals surface area contributed by atoms with Gasteiger partial charge in [-0.1, -0.05) is 11.6 Å². The van der Waals surface area contributed by atoms with E-state index in [1.165, 1.54) is 0 Å². The third-order valence-electron chi connectivity index (χ3n) is 2.89. The van der Waals surface area contributed by atoms with Crippen molar-refractivity contribution in [1.82, 2.24) is 9.97 Å². The van der Waals surface area contributed by atoms with Gasteiger partial charge in [-0.05, 0) is 44.5 Å². The van der Waals surface area contributed by atoms with Gasteiger partial charge in [0.15, 0.2) is 0 Å². The molecule has 4 heteroatoms. The van der Waals surface area contributed by atoms with Crippen LogP contribution in [0.4, 0.5) is 5.69 Å². The van der Waals surface area contributed by atoms with Gasteiger partial charge in [-0.25, -0.2) is 0 Å². The van der Waals surface area contributed by atoms with Gasteiger partial charge in [-0.15, -0.1) is 0 Å². The molecular weight excluding hydrogens is 246 g/mol. The maximum absolute atomic E-state index is 5.95. The zero-order valence-corrected chi connectivity index (χ0v) is 11.5. The molecule has 2 rings (SSSR count). The van der Waals surface area contributed by atoms with Crippen molar-refractivity contribution in [1.29, 1.82) is 0 Å². The monoisotopic (exact) mass is 261 g/mol. The summed E-state index contributed by atoms with van der Waals surface area (Å²) in [7, 11) is 0. The van der Waals surface area contributed by atoms with Gasteiger partial charge in [-0.2, -0.15) is 0 Å². The molecule has 0 radical (unpaired) electrons. The lowest BCUT2D eigenvalue weighted by molar-refractivity contribution is 0.809. The van der Waals surface area contributed by atoms with Gasteiger partial charge < -0.3 is 5.32 Å². The highest BCUT2D eigenvalue weighted by Gasteiger charge is 2.11. The summed E-state index contributed by atoms with van der Waals surface area (Å²) in [5, 5.41) is 4.18. The zero-order chi connectivity index (χ0) is 13.1. The Kier molecular flexibility index (Phi) is 3.82. The van der Waals surface area contributed by atoms with Crippen LogP contribution < -0.4 is 5.32 Å². The Balaban J connectivity index is 2.21. The molecule has 1 heterocycles. The van der Waals surface area contributed by atoms with E-state index in [0.29, 0.717) is 0 Å². The van der Waals surface area contributed by atoms with Gasteiger partial charge in [0.1, 0.15) is 0 Å². The number of nitrogens with one attached hydrogen (secondary N) is 1. The predicted molar refractivity (Wildman–Crippen MR) is 75.0 cm³/mol. The minimum atomic E-state index is 0.110. The second-order valence-electron chi connectivity index (χ2n) is 4.35. The molecule has 1 unspecified atom stereocenters. The van der Waals surface area contributed by atoms with Crippen LogP contribution >= 0.6 is 11.6 Å². The van der Waals surface area contributed by atoms with E-state index in [-0.39, 0.29) is 6.04 Å². The minimum absolute atomic E-state index is 0.110. The number of hydrogen-bond donors (Lipinski definition) is 1. The highest BCUT2D eigenvalue weighted by molar-refractivity contribution is 6.30. The van der Waals surface area contributed by atoms with Crippen LogP contribution in [0.3, 0.4) is 0 Å². The SMILES string of the molecule is Cc1cc(Cl)ccc1NC(C)c1nccnc1C. The first kappa shape index (κ1) is 12.8. The molecule has 0 aliphatic heterocycles. The van der Waals surface area contributed by atoms with Crippen LogP contribution in [0.5, 0.6) is 0 Å². The summed E-state index contributed by atoms with van der Waals surface area (Å²) in [5.41, 5.74) is 4.10. The predicted octanol–water partition coefficient (Wildman–Crippen LogP) is 3.92. The van der Waals surface area contributed by atoms with Crippen LogP contribution in [-0.4, -0.2) is 9.97 Å². The van der Waals surface area contributed by atoms with Crippen LogP contribution in [0.25, 0.3) is 0 Å². The molecule has 1 aromatic heterocycles. The lowest BCUT2D eigenvalue weighted by Crippen LogP contribution is -2.11. The smallest absolute Gasteiger partial charge is 0.0835 e.